The van der Waals surface area contributed by atoms with Gasteiger partial charge in [-0.25, -0.2) is 5.01 Å². The van der Waals surface area contributed by atoms with Crippen molar-refractivity contribution in [2.45, 2.75) is 13.5 Å². The molecule has 2 amide bonds. The second kappa shape index (κ2) is 6.46. The summed E-state index contributed by atoms with van der Waals surface area (Å²) < 4.78 is 1.88. The van der Waals surface area contributed by atoms with Crippen LogP contribution in [0.3, 0.4) is 0 Å². The molecule has 6 nitrogen and oxygen atoms in total. The number of hydrogen-bond donors (Lipinski definition) is 1. The van der Waals surface area contributed by atoms with E-state index in [0.717, 1.165) is 22.2 Å². The summed E-state index contributed by atoms with van der Waals surface area (Å²) in [5, 5.41) is 11.3. The number of fused-ring (bicyclic) bond motifs is 1. The Labute approximate surface area is 155 Å². The number of hydrazine groups is 1. The van der Waals surface area contributed by atoms with Crippen LogP contribution in [0.15, 0.2) is 60.2 Å². The highest BCUT2D eigenvalue weighted by Crippen LogP contribution is 2.29. The fourth-order valence-corrected chi connectivity index (χ4v) is 3.38. The van der Waals surface area contributed by atoms with Crippen LogP contribution in [0.1, 0.15) is 11.3 Å². The summed E-state index contributed by atoms with van der Waals surface area (Å²) in [6.45, 7) is 2.09. The second-order valence-corrected chi connectivity index (χ2v) is 6.24. The first-order valence-electron chi connectivity index (χ1n) is 8.49. The third kappa shape index (κ3) is 2.66. The molecule has 1 aromatic heterocycles. The lowest BCUT2D eigenvalue weighted by Crippen LogP contribution is -2.35. The Hall–Kier alpha value is -3.85. The lowest BCUT2D eigenvalue weighted by atomic mass is 10.1. The minimum absolute atomic E-state index is 0.0711. The summed E-state index contributed by atoms with van der Waals surface area (Å²) in [4.78, 5) is 25.3. The molecule has 132 valence electrons. The van der Waals surface area contributed by atoms with Gasteiger partial charge in [0.1, 0.15) is 12.1 Å². The molecule has 0 bridgehead atoms. The zero-order valence-electron chi connectivity index (χ0n) is 14.6. The van der Waals surface area contributed by atoms with Crippen LogP contribution in [-0.4, -0.2) is 16.4 Å². The predicted molar refractivity (Wildman–Crippen MR) is 102 cm³/mol. The van der Waals surface area contributed by atoms with E-state index in [4.69, 9.17) is 5.26 Å². The molecule has 4 rings (SSSR count). The monoisotopic (exact) mass is 356 g/mol. The van der Waals surface area contributed by atoms with E-state index in [9.17, 15) is 9.59 Å². The van der Waals surface area contributed by atoms with Gasteiger partial charge in [0.25, 0.3) is 11.8 Å². The van der Waals surface area contributed by atoms with E-state index < -0.39 is 11.8 Å². The number of carbonyl (C=O) groups excluding carboxylic acids is 2. The SMILES string of the molecule is Cc1c(C=C2C(=O)NN(c3ccccc3)C2=O)c2ccccc2n1CC#N. The van der Waals surface area contributed by atoms with Crippen molar-refractivity contribution in [3.8, 4) is 6.07 Å². The van der Waals surface area contributed by atoms with E-state index >= 15 is 0 Å². The molecule has 2 aromatic carbocycles. The first-order valence-corrected chi connectivity index (χ1v) is 8.49. The number of amides is 2. The van der Waals surface area contributed by atoms with Crippen molar-refractivity contribution in [1.82, 2.24) is 9.99 Å². The highest BCUT2D eigenvalue weighted by atomic mass is 16.2. The third-order valence-corrected chi connectivity index (χ3v) is 4.70. The molecule has 0 atom stereocenters. The maximum absolute atomic E-state index is 12.8. The van der Waals surface area contributed by atoms with Crippen molar-refractivity contribution in [2.75, 3.05) is 5.01 Å². The summed E-state index contributed by atoms with van der Waals surface area (Å²) in [6, 6.07) is 18.8. The summed E-state index contributed by atoms with van der Waals surface area (Å²) in [5.74, 6) is -0.844. The lowest BCUT2D eigenvalue weighted by Gasteiger charge is -2.13. The highest BCUT2D eigenvalue weighted by Gasteiger charge is 2.34. The molecule has 1 fully saturated rings. The van der Waals surface area contributed by atoms with Crippen LogP contribution in [0, 0.1) is 18.3 Å². The minimum Gasteiger partial charge on any atom is -0.330 e. The van der Waals surface area contributed by atoms with E-state index in [1.165, 1.54) is 5.01 Å². The van der Waals surface area contributed by atoms with Gasteiger partial charge >= 0.3 is 0 Å². The average Bonchev–Trinajstić information content (AvgIpc) is 3.12. The maximum atomic E-state index is 12.8. The molecule has 3 aromatic rings. The first kappa shape index (κ1) is 16.6. The molecule has 0 spiro atoms. The van der Waals surface area contributed by atoms with Crippen LogP contribution >= 0.6 is 0 Å². The second-order valence-electron chi connectivity index (χ2n) is 6.24. The Kier molecular flexibility index (Phi) is 3.98. The molecule has 0 aliphatic carbocycles. The number of nitriles is 1. The summed E-state index contributed by atoms with van der Waals surface area (Å²) in [7, 11) is 0. The Bertz CT molecular complexity index is 1140. The van der Waals surface area contributed by atoms with Crippen LogP contribution in [0.4, 0.5) is 5.69 Å². The topological polar surface area (TPSA) is 78.1 Å². The van der Waals surface area contributed by atoms with Gasteiger partial charge in [0.15, 0.2) is 0 Å². The lowest BCUT2D eigenvalue weighted by molar-refractivity contribution is -0.117. The molecular formula is C21H16N4O2. The Morgan fingerprint density at radius 1 is 1.07 bits per heavy atom. The number of nitrogens with zero attached hydrogens (tertiary/aromatic N) is 3. The normalized spacial score (nSPS) is 15.4. The van der Waals surface area contributed by atoms with Crippen LogP contribution in [0.25, 0.3) is 17.0 Å². The highest BCUT2D eigenvalue weighted by molar-refractivity contribution is 6.32. The van der Waals surface area contributed by atoms with Gasteiger partial charge in [0.05, 0.1) is 11.8 Å². The minimum atomic E-state index is -0.444. The summed E-state index contributed by atoms with van der Waals surface area (Å²) in [5.41, 5.74) is 5.79. The van der Waals surface area contributed by atoms with E-state index in [1.807, 2.05) is 41.8 Å². The number of para-hydroxylation sites is 2. The van der Waals surface area contributed by atoms with E-state index in [1.54, 1.807) is 30.3 Å². The van der Waals surface area contributed by atoms with Crippen molar-refractivity contribution in [3.05, 3.63) is 71.4 Å². The fraction of sp³-hybridized carbons (Fsp3) is 0.0952. The van der Waals surface area contributed by atoms with Gasteiger partial charge in [-0.1, -0.05) is 36.4 Å². The first-order chi connectivity index (χ1) is 13.1. The smallest absolute Gasteiger partial charge is 0.282 e. The third-order valence-electron chi connectivity index (χ3n) is 4.70. The predicted octanol–water partition coefficient (Wildman–Crippen LogP) is 2.93. The van der Waals surface area contributed by atoms with Gasteiger partial charge in [-0.05, 0) is 31.2 Å². The van der Waals surface area contributed by atoms with Gasteiger partial charge < -0.3 is 4.57 Å². The standard InChI is InChI=1S/C21H16N4O2/c1-14-17(16-9-5-6-10-19(16)24(14)12-11-22)13-18-20(26)23-25(21(18)27)15-7-3-2-4-8-15/h2-10,13H,12H2,1H3,(H,23,26). The quantitative estimate of drug-likeness (QED) is 0.579. The van der Waals surface area contributed by atoms with Gasteiger partial charge in [-0.3, -0.25) is 15.0 Å². The van der Waals surface area contributed by atoms with Crippen molar-refractivity contribution in [2.24, 2.45) is 0 Å². The summed E-state index contributed by atoms with van der Waals surface area (Å²) >= 11 is 0. The van der Waals surface area contributed by atoms with E-state index in [-0.39, 0.29) is 12.1 Å². The van der Waals surface area contributed by atoms with Gasteiger partial charge in [0, 0.05) is 22.2 Å². The van der Waals surface area contributed by atoms with Crippen LogP contribution < -0.4 is 10.4 Å². The Morgan fingerprint density at radius 3 is 2.52 bits per heavy atom. The number of nitrogens with one attached hydrogen (secondary N) is 1. The molecule has 1 aliphatic rings. The molecule has 2 heterocycles. The Balaban J connectivity index is 1.83. The van der Waals surface area contributed by atoms with Crippen LogP contribution in [-0.2, 0) is 16.1 Å². The van der Waals surface area contributed by atoms with Crippen LogP contribution in [0.2, 0.25) is 0 Å². The van der Waals surface area contributed by atoms with Crippen molar-refractivity contribution >= 4 is 34.5 Å². The molecule has 27 heavy (non-hydrogen) atoms. The molecular weight excluding hydrogens is 340 g/mol. The van der Waals surface area contributed by atoms with Gasteiger partial charge in [-0.15, -0.1) is 0 Å². The van der Waals surface area contributed by atoms with E-state index in [2.05, 4.69) is 11.5 Å². The number of rotatable bonds is 3. The zero-order chi connectivity index (χ0) is 19.0. The number of benzene rings is 2. The molecule has 0 unspecified atom stereocenters. The molecule has 1 N–H and O–H groups in total. The summed E-state index contributed by atoms with van der Waals surface area (Å²) in [6.07, 6.45) is 1.62. The molecule has 0 saturated carbocycles. The number of anilines is 1. The molecule has 1 aliphatic heterocycles. The van der Waals surface area contributed by atoms with E-state index in [0.29, 0.717) is 5.69 Å². The average molecular weight is 356 g/mol. The van der Waals surface area contributed by atoms with Crippen LogP contribution in [0.5, 0.6) is 0 Å². The largest absolute Gasteiger partial charge is 0.330 e. The van der Waals surface area contributed by atoms with Crippen molar-refractivity contribution < 1.29 is 9.59 Å². The van der Waals surface area contributed by atoms with Gasteiger partial charge in [0.2, 0.25) is 0 Å². The Morgan fingerprint density at radius 2 is 1.78 bits per heavy atom. The van der Waals surface area contributed by atoms with Crippen molar-refractivity contribution in [1.29, 1.82) is 5.26 Å². The van der Waals surface area contributed by atoms with Crippen molar-refractivity contribution in [3.63, 3.8) is 0 Å². The number of hydrogen-bond acceptors (Lipinski definition) is 3. The number of carbonyl (C=O) groups is 2. The van der Waals surface area contributed by atoms with Gasteiger partial charge in [-0.2, -0.15) is 5.26 Å². The fourth-order valence-electron chi connectivity index (χ4n) is 3.38. The molecule has 1 saturated heterocycles. The molecule has 0 radical (unpaired) electrons. The maximum Gasteiger partial charge on any atom is 0.282 e. The zero-order valence-corrected chi connectivity index (χ0v) is 14.6. The number of aromatic nitrogens is 1. The molecule has 6 heteroatoms.